The number of rotatable bonds is 2. The number of carbonyl (C=O) groups excluding carboxylic acids is 1. The van der Waals surface area contributed by atoms with Gasteiger partial charge in [-0.2, -0.15) is 0 Å². The molecule has 0 aliphatic carbocycles. The number of benzene rings is 1. The van der Waals surface area contributed by atoms with Crippen LogP contribution in [0.4, 0.5) is 10.1 Å². The number of aromatic nitrogens is 2. The predicted molar refractivity (Wildman–Crippen MR) is 84.0 cm³/mol. The lowest BCUT2D eigenvalue weighted by atomic mass is 10.2. The number of carbonyl (C=O) groups is 1. The van der Waals surface area contributed by atoms with Gasteiger partial charge in [0, 0.05) is 11.9 Å². The third-order valence-electron chi connectivity index (χ3n) is 3.41. The molecule has 4 nitrogen and oxygen atoms in total. The van der Waals surface area contributed by atoms with E-state index in [9.17, 15) is 9.18 Å². The van der Waals surface area contributed by atoms with Crippen LogP contribution in [0.1, 0.15) is 21.7 Å². The summed E-state index contributed by atoms with van der Waals surface area (Å²) in [5, 5.41) is 2.68. The normalized spacial score (nSPS) is 10.9. The second-order valence-electron chi connectivity index (χ2n) is 5.01. The molecule has 0 saturated carbocycles. The molecule has 0 radical (unpaired) electrons. The maximum atomic E-state index is 13.2. The summed E-state index contributed by atoms with van der Waals surface area (Å²) in [7, 11) is 0. The molecule has 0 fully saturated rings. The smallest absolute Gasteiger partial charge is 0.274 e. The van der Waals surface area contributed by atoms with Crippen LogP contribution in [-0.2, 0) is 0 Å². The molecular weight excluding hydrogens is 305 g/mol. The van der Waals surface area contributed by atoms with Gasteiger partial charge in [0.2, 0.25) is 0 Å². The van der Waals surface area contributed by atoms with Crippen molar-refractivity contribution in [3.8, 4) is 0 Å². The lowest BCUT2D eigenvalue weighted by molar-refractivity contribution is 0.102. The molecule has 3 rings (SSSR count). The molecule has 6 heteroatoms. The Bertz CT molecular complexity index is 888. The quantitative estimate of drug-likeness (QED) is 0.776. The van der Waals surface area contributed by atoms with Crippen LogP contribution >= 0.6 is 11.6 Å². The average Bonchev–Trinajstić information content (AvgIpc) is 2.81. The monoisotopic (exact) mass is 317 g/mol. The summed E-state index contributed by atoms with van der Waals surface area (Å²) in [6.45, 7) is 3.71. The first-order valence-corrected chi connectivity index (χ1v) is 7.06. The first-order chi connectivity index (χ1) is 10.5. The van der Waals surface area contributed by atoms with E-state index < -0.39 is 5.82 Å². The fourth-order valence-electron chi connectivity index (χ4n) is 2.36. The van der Waals surface area contributed by atoms with E-state index in [1.54, 1.807) is 17.5 Å². The molecule has 1 aromatic carbocycles. The molecule has 0 aliphatic rings. The maximum absolute atomic E-state index is 13.2. The molecule has 112 valence electrons. The van der Waals surface area contributed by atoms with Crippen LogP contribution in [0, 0.1) is 19.7 Å². The van der Waals surface area contributed by atoms with Gasteiger partial charge in [-0.15, -0.1) is 0 Å². The molecule has 1 N–H and O–H groups in total. The van der Waals surface area contributed by atoms with E-state index in [1.165, 1.54) is 18.2 Å². The number of halogens is 2. The molecule has 0 aliphatic heterocycles. The Labute approximate surface area is 131 Å². The zero-order valence-corrected chi connectivity index (χ0v) is 12.8. The molecule has 1 amide bonds. The SMILES string of the molecule is Cc1nc2c(C)cccn2c1C(=O)Nc1ccc(F)c(Cl)c1. The molecule has 2 aromatic heterocycles. The summed E-state index contributed by atoms with van der Waals surface area (Å²) in [5.41, 5.74) is 3.22. The van der Waals surface area contributed by atoms with Crippen LogP contribution < -0.4 is 5.32 Å². The third kappa shape index (κ3) is 2.44. The van der Waals surface area contributed by atoms with Gasteiger partial charge in [0.1, 0.15) is 17.2 Å². The maximum Gasteiger partial charge on any atom is 0.274 e. The first-order valence-electron chi connectivity index (χ1n) is 6.68. The Morgan fingerprint density at radius 1 is 1.32 bits per heavy atom. The van der Waals surface area contributed by atoms with Crippen molar-refractivity contribution in [1.82, 2.24) is 9.38 Å². The number of fused-ring (bicyclic) bond motifs is 1. The highest BCUT2D eigenvalue weighted by atomic mass is 35.5. The number of hydrogen-bond donors (Lipinski definition) is 1. The highest BCUT2D eigenvalue weighted by molar-refractivity contribution is 6.31. The fourth-order valence-corrected chi connectivity index (χ4v) is 2.54. The van der Waals surface area contributed by atoms with Gasteiger partial charge in [-0.25, -0.2) is 9.37 Å². The summed E-state index contributed by atoms with van der Waals surface area (Å²) in [5.74, 6) is -0.848. The Morgan fingerprint density at radius 3 is 2.82 bits per heavy atom. The number of imidazole rings is 1. The molecule has 22 heavy (non-hydrogen) atoms. The van der Waals surface area contributed by atoms with Gasteiger partial charge in [0.25, 0.3) is 5.91 Å². The van der Waals surface area contributed by atoms with Crippen LogP contribution in [-0.4, -0.2) is 15.3 Å². The van der Waals surface area contributed by atoms with Crippen LogP contribution in [0.25, 0.3) is 5.65 Å². The van der Waals surface area contributed by atoms with Gasteiger partial charge < -0.3 is 5.32 Å². The number of pyridine rings is 1. The van der Waals surface area contributed by atoms with E-state index >= 15 is 0 Å². The van der Waals surface area contributed by atoms with Crippen molar-refractivity contribution in [2.45, 2.75) is 13.8 Å². The summed E-state index contributed by atoms with van der Waals surface area (Å²) >= 11 is 5.73. The van der Waals surface area contributed by atoms with Gasteiger partial charge in [0.15, 0.2) is 0 Å². The molecular formula is C16H13ClFN3O. The highest BCUT2D eigenvalue weighted by Gasteiger charge is 2.17. The summed E-state index contributed by atoms with van der Waals surface area (Å²) in [6.07, 6.45) is 1.79. The molecule has 0 unspecified atom stereocenters. The van der Waals surface area contributed by atoms with Crippen molar-refractivity contribution in [1.29, 1.82) is 0 Å². The number of hydrogen-bond acceptors (Lipinski definition) is 2. The van der Waals surface area contributed by atoms with E-state index in [0.29, 0.717) is 17.1 Å². The van der Waals surface area contributed by atoms with Gasteiger partial charge in [-0.3, -0.25) is 9.20 Å². The van der Waals surface area contributed by atoms with E-state index in [1.807, 2.05) is 19.1 Å². The molecule has 0 atom stereocenters. The summed E-state index contributed by atoms with van der Waals surface area (Å²) in [4.78, 5) is 16.9. The minimum Gasteiger partial charge on any atom is -0.321 e. The van der Waals surface area contributed by atoms with E-state index in [2.05, 4.69) is 10.3 Å². The topological polar surface area (TPSA) is 46.4 Å². The minimum absolute atomic E-state index is 0.0384. The van der Waals surface area contributed by atoms with E-state index in [-0.39, 0.29) is 10.9 Å². The van der Waals surface area contributed by atoms with Gasteiger partial charge >= 0.3 is 0 Å². The second kappa shape index (κ2) is 5.42. The third-order valence-corrected chi connectivity index (χ3v) is 3.70. The van der Waals surface area contributed by atoms with Crippen molar-refractivity contribution in [2.75, 3.05) is 5.32 Å². The molecule has 0 spiro atoms. The van der Waals surface area contributed by atoms with Crippen molar-refractivity contribution in [3.05, 3.63) is 64.3 Å². The Kier molecular flexibility index (Phi) is 3.58. The van der Waals surface area contributed by atoms with E-state index in [4.69, 9.17) is 11.6 Å². The van der Waals surface area contributed by atoms with Gasteiger partial charge in [0.05, 0.1) is 10.7 Å². The van der Waals surface area contributed by atoms with Crippen molar-refractivity contribution in [3.63, 3.8) is 0 Å². The van der Waals surface area contributed by atoms with Crippen molar-refractivity contribution in [2.24, 2.45) is 0 Å². The van der Waals surface area contributed by atoms with E-state index in [0.717, 1.165) is 11.2 Å². The average molecular weight is 318 g/mol. The number of nitrogens with zero attached hydrogens (tertiary/aromatic N) is 2. The second-order valence-corrected chi connectivity index (χ2v) is 5.42. The van der Waals surface area contributed by atoms with Crippen molar-refractivity contribution < 1.29 is 9.18 Å². The lowest BCUT2D eigenvalue weighted by Crippen LogP contribution is -2.15. The Hall–Kier alpha value is -2.40. The number of anilines is 1. The van der Waals surface area contributed by atoms with Gasteiger partial charge in [-0.05, 0) is 43.7 Å². The molecule has 0 saturated heterocycles. The Balaban J connectivity index is 2.00. The van der Waals surface area contributed by atoms with Crippen molar-refractivity contribution >= 4 is 28.8 Å². The number of amides is 1. The predicted octanol–water partition coefficient (Wildman–Crippen LogP) is 4.00. The molecule has 0 bridgehead atoms. The molecule has 2 heterocycles. The standard InChI is InChI=1S/C16H13ClFN3O/c1-9-4-3-7-21-14(10(2)19-15(9)21)16(22)20-11-5-6-13(18)12(17)8-11/h3-8H,1-2H3,(H,20,22). The van der Waals surface area contributed by atoms with Crippen LogP contribution in [0.15, 0.2) is 36.5 Å². The highest BCUT2D eigenvalue weighted by Crippen LogP contribution is 2.21. The largest absolute Gasteiger partial charge is 0.321 e. The van der Waals surface area contributed by atoms with Crippen LogP contribution in [0.2, 0.25) is 5.02 Å². The zero-order valence-electron chi connectivity index (χ0n) is 12.0. The zero-order chi connectivity index (χ0) is 15.9. The Morgan fingerprint density at radius 2 is 2.09 bits per heavy atom. The lowest BCUT2D eigenvalue weighted by Gasteiger charge is -2.07. The summed E-state index contributed by atoms with van der Waals surface area (Å²) in [6, 6.07) is 7.84. The minimum atomic E-state index is -0.527. The number of nitrogens with one attached hydrogen (secondary N) is 1. The first kappa shape index (κ1) is 14.5. The van der Waals surface area contributed by atoms with Crippen LogP contribution in [0.5, 0.6) is 0 Å². The summed E-state index contributed by atoms with van der Waals surface area (Å²) < 4.78 is 14.9. The number of aryl methyl sites for hydroxylation is 2. The van der Waals surface area contributed by atoms with Gasteiger partial charge in [-0.1, -0.05) is 17.7 Å². The molecule has 3 aromatic rings. The fraction of sp³-hybridized carbons (Fsp3) is 0.125. The van der Waals surface area contributed by atoms with Crippen LogP contribution in [0.3, 0.4) is 0 Å².